The van der Waals surface area contributed by atoms with Crippen molar-refractivity contribution < 1.29 is 29.1 Å². The van der Waals surface area contributed by atoms with E-state index >= 15 is 0 Å². The molecule has 0 radical (unpaired) electrons. The molecule has 7 atom stereocenters. The maximum Gasteiger partial charge on any atom is 0.254 e. The van der Waals surface area contributed by atoms with Gasteiger partial charge in [-0.25, -0.2) is 4.98 Å². The van der Waals surface area contributed by atoms with Crippen molar-refractivity contribution in [1.29, 1.82) is 0 Å². The number of benzene rings is 2. The van der Waals surface area contributed by atoms with E-state index in [-0.39, 0.29) is 54.6 Å². The van der Waals surface area contributed by atoms with Crippen LogP contribution in [0.4, 0.5) is 11.5 Å². The predicted octanol–water partition coefficient (Wildman–Crippen LogP) is 5.31. The summed E-state index contributed by atoms with van der Waals surface area (Å²) in [5.41, 5.74) is 7.17. The summed E-state index contributed by atoms with van der Waals surface area (Å²) < 4.78 is 12.1. The van der Waals surface area contributed by atoms with Crippen molar-refractivity contribution in [3.8, 4) is 33.3 Å². The smallest absolute Gasteiger partial charge is 0.254 e. The molecule has 0 unspecified atom stereocenters. The largest absolute Gasteiger partial charge is 0.507 e. The number of nitrogens with one attached hydrogen (secondary N) is 2. The van der Waals surface area contributed by atoms with Crippen LogP contribution in [0.3, 0.4) is 0 Å². The molecule has 4 N–H and O–H groups in total. The van der Waals surface area contributed by atoms with Crippen molar-refractivity contribution in [1.82, 2.24) is 40.4 Å². The Hall–Kier alpha value is -5.62. The molecular formula is C47H58N10O6S. The van der Waals surface area contributed by atoms with Crippen LogP contribution in [0.5, 0.6) is 11.6 Å². The van der Waals surface area contributed by atoms with Crippen molar-refractivity contribution in [2.24, 2.45) is 5.92 Å². The molecule has 64 heavy (non-hydrogen) atoms. The fraction of sp³-hybridized carbons (Fsp3) is 0.489. The number of phenolic OH excluding ortho intramolecular Hbond substituents is 1. The normalized spacial score (nSPS) is 22.7. The number of β-amino-alcohol motifs (C(OH)–C–C–N with tert-alkyl or cyclic N) is 1. The third kappa shape index (κ3) is 9.03. The first-order chi connectivity index (χ1) is 30.9. The van der Waals surface area contributed by atoms with E-state index < -0.39 is 18.1 Å². The summed E-state index contributed by atoms with van der Waals surface area (Å²) in [5, 5.41) is 40.8. The van der Waals surface area contributed by atoms with Gasteiger partial charge in [0.15, 0.2) is 11.6 Å². The molecule has 16 nitrogen and oxygen atoms in total. The SMILES string of the molecule is Cc1ncsc1-c1ccc([C@H](C)NC(=O)[C@@H]2C[C@@H](O)CN2C(=O)[C@@H](c2cc(O[C@@H](C)CN3CC[C@H](N4CCN5c6cc(-c7ccccc7O)nnc6NC[C@H]5C4)C3)no2)C(C)C)cc1. The van der Waals surface area contributed by atoms with Crippen molar-refractivity contribution in [2.75, 3.05) is 62.6 Å². The Bertz CT molecular complexity index is 2440. The molecule has 4 aliphatic rings. The fourth-order valence-corrected chi connectivity index (χ4v) is 10.7. The maximum absolute atomic E-state index is 14.3. The number of rotatable bonds is 13. The topological polar surface area (TPSA) is 186 Å². The molecule has 3 aromatic heterocycles. The minimum atomic E-state index is -0.826. The van der Waals surface area contributed by atoms with E-state index in [1.54, 1.807) is 29.5 Å². The van der Waals surface area contributed by atoms with Gasteiger partial charge < -0.3 is 39.9 Å². The van der Waals surface area contributed by atoms with Crippen LogP contribution in [0.15, 0.2) is 70.7 Å². The molecule has 3 saturated heterocycles. The highest BCUT2D eigenvalue weighted by atomic mass is 32.1. The second kappa shape index (κ2) is 18.5. The van der Waals surface area contributed by atoms with Crippen LogP contribution in [-0.2, 0) is 9.59 Å². The van der Waals surface area contributed by atoms with E-state index in [2.05, 4.69) is 45.7 Å². The summed E-state index contributed by atoms with van der Waals surface area (Å²) in [6, 6.07) is 18.6. The minimum Gasteiger partial charge on any atom is -0.507 e. The van der Waals surface area contributed by atoms with E-state index in [4.69, 9.17) is 9.26 Å². The summed E-state index contributed by atoms with van der Waals surface area (Å²) in [6.45, 7) is 16.0. The summed E-state index contributed by atoms with van der Waals surface area (Å²) in [6.07, 6.45) is 0.218. The average molecular weight is 891 g/mol. The molecule has 338 valence electrons. The quantitative estimate of drug-likeness (QED) is 0.119. The third-order valence-corrected chi connectivity index (χ3v) is 14.2. The predicted molar refractivity (Wildman–Crippen MR) is 244 cm³/mol. The molecule has 0 aliphatic carbocycles. The third-order valence-electron chi connectivity index (χ3n) is 13.3. The van der Waals surface area contributed by atoms with Crippen LogP contribution < -0.4 is 20.3 Å². The second-order valence-electron chi connectivity index (χ2n) is 18.1. The zero-order valence-electron chi connectivity index (χ0n) is 37.1. The Balaban J connectivity index is 0.773. The highest BCUT2D eigenvalue weighted by Gasteiger charge is 2.44. The summed E-state index contributed by atoms with van der Waals surface area (Å²) in [4.78, 5) is 42.5. The monoisotopic (exact) mass is 890 g/mol. The Kier molecular flexibility index (Phi) is 12.6. The number of aliphatic hydroxyl groups is 1. The number of piperazine rings is 1. The van der Waals surface area contributed by atoms with Crippen LogP contribution in [0, 0.1) is 12.8 Å². The fourth-order valence-electron chi connectivity index (χ4n) is 9.94. The number of aliphatic hydroxyl groups excluding tert-OH is 1. The molecule has 2 aromatic carbocycles. The van der Waals surface area contributed by atoms with Crippen molar-refractivity contribution >= 4 is 34.7 Å². The standard InChI is InChI=1S/C47H58N10O6S/c1-27(2)43(47(61)57-25-35(58)18-39(57)46(60)50-29(4)31-10-12-32(13-11-31)44-30(5)49-26-64-44)41-20-42(53-63-41)62-28(3)22-54-15-14-33(23-54)55-16-17-56-34(24-55)21-48-45-38(56)19-37(51-52-45)36-8-6-7-9-40(36)59/h6-13,19-20,26-29,33-35,39,43,58-59H,14-18,21-25H2,1-5H3,(H,48,52)(H,50,60)/t28-,29-,33-,34-,35+,39-,43+/m0/s1. The van der Waals surface area contributed by atoms with Crippen molar-refractivity contribution in [3.63, 3.8) is 0 Å². The molecule has 3 fully saturated rings. The number of thiazole rings is 1. The van der Waals surface area contributed by atoms with Gasteiger partial charge in [-0.05, 0) is 74.1 Å². The Morgan fingerprint density at radius 2 is 1.81 bits per heavy atom. The van der Waals surface area contributed by atoms with E-state index in [1.807, 2.05) is 82.6 Å². The number of aromatic nitrogens is 4. The number of nitrogens with zero attached hydrogens (tertiary/aromatic N) is 8. The van der Waals surface area contributed by atoms with Crippen LogP contribution in [-0.4, -0.2) is 140 Å². The molecule has 9 rings (SSSR count). The van der Waals surface area contributed by atoms with E-state index in [0.29, 0.717) is 35.5 Å². The first-order valence-corrected chi connectivity index (χ1v) is 23.3. The number of amides is 2. The summed E-state index contributed by atoms with van der Waals surface area (Å²) >= 11 is 1.59. The number of fused-ring (bicyclic) bond motifs is 3. The van der Waals surface area contributed by atoms with Gasteiger partial charge in [0, 0.05) is 69.9 Å². The van der Waals surface area contributed by atoms with Gasteiger partial charge in [-0.3, -0.25) is 19.4 Å². The summed E-state index contributed by atoms with van der Waals surface area (Å²) in [7, 11) is 0. The van der Waals surface area contributed by atoms with Gasteiger partial charge in [-0.1, -0.05) is 50.2 Å². The van der Waals surface area contributed by atoms with Crippen LogP contribution in [0.25, 0.3) is 21.7 Å². The van der Waals surface area contributed by atoms with Gasteiger partial charge >= 0.3 is 0 Å². The van der Waals surface area contributed by atoms with Gasteiger partial charge in [-0.2, -0.15) is 0 Å². The van der Waals surface area contributed by atoms with E-state index in [1.165, 1.54) is 4.90 Å². The van der Waals surface area contributed by atoms with Gasteiger partial charge in [0.1, 0.15) is 23.8 Å². The second-order valence-corrected chi connectivity index (χ2v) is 19.0. The molecule has 0 bridgehead atoms. The van der Waals surface area contributed by atoms with E-state index in [0.717, 1.165) is 78.9 Å². The number of aryl methyl sites for hydroxylation is 1. The molecule has 0 spiro atoms. The average Bonchev–Trinajstić information content (AvgIpc) is 4.12. The summed E-state index contributed by atoms with van der Waals surface area (Å²) in [5.74, 6) is 0.156. The molecular weight excluding hydrogens is 833 g/mol. The number of aromatic hydroxyl groups is 1. The van der Waals surface area contributed by atoms with Gasteiger partial charge in [-0.15, -0.1) is 21.5 Å². The van der Waals surface area contributed by atoms with Crippen LogP contribution >= 0.6 is 11.3 Å². The number of anilines is 2. The number of para-hydroxylation sites is 1. The number of hydrogen-bond donors (Lipinski definition) is 4. The zero-order chi connectivity index (χ0) is 44.6. The Morgan fingerprint density at radius 1 is 1.00 bits per heavy atom. The number of phenols is 1. The Labute approximate surface area is 377 Å². The van der Waals surface area contributed by atoms with Crippen LogP contribution in [0.1, 0.15) is 69.5 Å². The highest BCUT2D eigenvalue weighted by molar-refractivity contribution is 7.13. The molecule has 2 amide bonds. The molecule has 7 heterocycles. The number of likely N-dealkylation sites (tertiary alicyclic amines) is 2. The maximum atomic E-state index is 14.3. The molecule has 4 aliphatic heterocycles. The van der Waals surface area contributed by atoms with Crippen molar-refractivity contribution in [3.05, 3.63) is 83.2 Å². The molecule has 0 saturated carbocycles. The lowest BCUT2D eigenvalue weighted by atomic mass is 9.91. The number of hydrogen-bond acceptors (Lipinski definition) is 15. The lowest BCUT2D eigenvalue weighted by molar-refractivity contribution is -0.141. The zero-order valence-corrected chi connectivity index (χ0v) is 37.9. The Morgan fingerprint density at radius 3 is 2.58 bits per heavy atom. The molecule has 5 aromatic rings. The molecule has 17 heteroatoms. The number of ether oxygens (including phenoxy) is 1. The first kappa shape index (κ1) is 43.6. The van der Waals surface area contributed by atoms with Crippen molar-refractivity contribution in [2.45, 2.75) is 89.8 Å². The van der Waals surface area contributed by atoms with E-state index in [9.17, 15) is 19.8 Å². The van der Waals surface area contributed by atoms with Gasteiger partial charge in [0.25, 0.3) is 5.88 Å². The lowest BCUT2D eigenvalue weighted by Crippen LogP contribution is -2.60. The number of carbonyl (C=O) groups is 2. The van der Waals surface area contributed by atoms with Gasteiger partial charge in [0.2, 0.25) is 11.8 Å². The first-order valence-electron chi connectivity index (χ1n) is 22.5. The lowest BCUT2D eigenvalue weighted by Gasteiger charge is -2.47. The minimum absolute atomic E-state index is 0.0564. The highest BCUT2D eigenvalue weighted by Crippen LogP contribution is 2.37. The van der Waals surface area contributed by atoms with Crippen LogP contribution in [0.2, 0.25) is 0 Å². The number of carbonyl (C=O) groups excluding carboxylic acids is 2. The van der Waals surface area contributed by atoms with Gasteiger partial charge in [0.05, 0.1) is 45.7 Å².